The van der Waals surface area contributed by atoms with Crippen molar-refractivity contribution in [2.24, 2.45) is 17.8 Å². The molecule has 2 aliphatic heterocycles. The topological polar surface area (TPSA) is 32.7 Å². The van der Waals surface area contributed by atoms with Gasteiger partial charge in [-0.3, -0.25) is 0 Å². The number of aliphatic hydroxyl groups is 1. The molecule has 0 spiro atoms. The Labute approximate surface area is 266 Å². The van der Waals surface area contributed by atoms with E-state index in [1.165, 1.54) is 55.8 Å². The minimum Gasteiger partial charge on any atom is -0.393 e. The van der Waals surface area contributed by atoms with E-state index in [0.29, 0.717) is 24.2 Å². The van der Waals surface area contributed by atoms with Gasteiger partial charge in [-0.1, -0.05) is 94.8 Å². The van der Waals surface area contributed by atoms with Crippen molar-refractivity contribution in [3.63, 3.8) is 0 Å². The van der Waals surface area contributed by atoms with Crippen LogP contribution in [-0.4, -0.2) is 17.3 Å². The number of ether oxygens (including phenoxy) is 1. The summed E-state index contributed by atoms with van der Waals surface area (Å²) >= 11 is 0. The van der Waals surface area contributed by atoms with Crippen LogP contribution in [0.4, 0.5) is 5.69 Å². The van der Waals surface area contributed by atoms with E-state index in [0.717, 1.165) is 25.0 Å². The molecule has 3 heteroatoms. The van der Waals surface area contributed by atoms with Crippen molar-refractivity contribution >= 4 is 17.0 Å². The summed E-state index contributed by atoms with van der Waals surface area (Å²) in [6.07, 6.45) is 2.79. The SMILES string of the molecule is Cc1ccc(-c2ccc3c(c2)C(CC(C)C)=C=C2c4cc(C)cc(C)c4C(C)(OC(CC(C)C)CC(O)CC(C)C)N23)cc1. The second-order valence-corrected chi connectivity index (χ2v) is 14.9. The molecule has 44 heavy (non-hydrogen) atoms. The third-order valence-electron chi connectivity index (χ3n) is 9.09. The number of rotatable bonds is 11. The average Bonchev–Trinajstić information content (AvgIpc) is 3.15. The van der Waals surface area contributed by atoms with Crippen molar-refractivity contribution < 1.29 is 9.84 Å². The van der Waals surface area contributed by atoms with Gasteiger partial charge in [0.1, 0.15) is 0 Å². The molecule has 0 fully saturated rings. The summed E-state index contributed by atoms with van der Waals surface area (Å²) in [5.74, 6) is 1.39. The van der Waals surface area contributed by atoms with E-state index in [1.54, 1.807) is 0 Å². The third-order valence-corrected chi connectivity index (χ3v) is 9.09. The van der Waals surface area contributed by atoms with Gasteiger partial charge >= 0.3 is 0 Å². The molecule has 0 saturated heterocycles. The highest BCUT2D eigenvalue weighted by Gasteiger charge is 2.50. The van der Waals surface area contributed by atoms with Crippen LogP contribution >= 0.6 is 0 Å². The number of fused-ring (bicyclic) bond motifs is 5. The summed E-state index contributed by atoms with van der Waals surface area (Å²) in [7, 11) is 0. The fraction of sp³-hybridized carbons (Fsp3) is 0.488. The Balaban J connectivity index is 1.70. The van der Waals surface area contributed by atoms with Crippen LogP contribution in [0.15, 0.2) is 60.3 Å². The molecule has 3 aromatic rings. The van der Waals surface area contributed by atoms with E-state index in [4.69, 9.17) is 4.74 Å². The minimum atomic E-state index is -0.740. The van der Waals surface area contributed by atoms with Crippen LogP contribution in [-0.2, 0) is 10.5 Å². The summed E-state index contributed by atoms with van der Waals surface area (Å²) in [6, 6.07) is 20.3. The van der Waals surface area contributed by atoms with Gasteiger partial charge in [0.15, 0.2) is 5.72 Å². The van der Waals surface area contributed by atoms with Crippen LogP contribution in [0.3, 0.4) is 0 Å². The van der Waals surface area contributed by atoms with Crippen LogP contribution in [0.1, 0.15) is 108 Å². The summed E-state index contributed by atoms with van der Waals surface area (Å²) in [6.45, 7) is 22.2. The fourth-order valence-corrected chi connectivity index (χ4v) is 7.47. The monoisotopic (exact) mass is 591 g/mol. The third kappa shape index (κ3) is 6.47. The van der Waals surface area contributed by atoms with Gasteiger partial charge in [0, 0.05) is 22.3 Å². The second-order valence-electron chi connectivity index (χ2n) is 14.9. The van der Waals surface area contributed by atoms with E-state index in [-0.39, 0.29) is 12.2 Å². The van der Waals surface area contributed by atoms with E-state index < -0.39 is 5.72 Å². The van der Waals surface area contributed by atoms with Crippen molar-refractivity contribution in [1.29, 1.82) is 0 Å². The van der Waals surface area contributed by atoms with Crippen molar-refractivity contribution in [3.05, 3.63) is 93.7 Å². The van der Waals surface area contributed by atoms with E-state index >= 15 is 0 Å². The maximum atomic E-state index is 11.1. The number of nitrogens with zero attached hydrogens (tertiary/aromatic N) is 1. The van der Waals surface area contributed by atoms with Gasteiger partial charge in [-0.2, -0.15) is 0 Å². The lowest BCUT2D eigenvalue weighted by Crippen LogP contribution is -2.45. The normalized spacial score (nSPS) is 18.7. The maximum absolute atomic E-state index is 11.1. The number of benzene rings is 3. The number of anilines is 1. The predicted molar refractivity (Wildman–Crippen MR) is 187 cm³/mol. The summed E-state index contributed by atoms with van der Waals surface area (Å²) < 4.78 is 7.38. The van der Waals surface area contributed by atoms with Crippen LogP contribution < -0.4 is 4.90 Å². The molecule has 0 saturated carbocycles. The standard InChI is InChI=1S/C41H53NO2/c1-25(2)17-33-23-39-37-21-29(8)20-30(9)40(37)41(10,44-35(19-27(5)6)24-34(43)18-26(3)4)42(39)38-16-15-32(22-36(33)38)31-13-11-28(7)12-14-31/h11-16,20-22,25-27,34-35,43H,17-19,24H2,1-10H3. The predicted octanol–water partition coefficient (Wildman–Crippen LogP) is 10.6. The lowest BCUT2D eigenvalue weighted by molar-refractivity contribution is -0.103. The van der Waals surface area contributed by atoms with Crippen molar-refractivity contribution in [2.45, 2.75) is 113 Å². The molecule has 3 nitrogen and oxygen atoms in total. The lowest BCUT2D eigenvalue weighted by atomic mass is 9.90. The van der Waals surface area contributed by atoms with E-state index in [2.05, 4.69) is 134 Å². The molecule has 0 amide bonds. The zero-order valence-corrected chi connectivity index (χ0v) is 28.7. The minimum absolute atomic E-state index is 0.0852. The first-order valence-electron chi connectivity index (χ1n) is 16.8. The Morgan fingerprint density at radius 1 is 0.750 bits per heavy atom. The first kappa shape index (κ1) is 32.3. The zero-order valence-electron chi connectivity index (χ0n) is 28.7. The number of allylic oxidation sites excluding steroid dienone is 1. The fourth-order valence-electron chi connectivity index (χ4n) is 7.47. The molecule has 0 aliphatic carbocycles. The molecule has 2 heterocycles. The zero-order chi connectivity index (χ0) is 31.9. The number of hydrogen-bond donors (Lipinski definition) is 1. The first-order chi connectivity index (χ1) is 20.8. The molecule has 1 N–H and O–H groups in total. The molecule has 0 bridgehead atoms. The molecule has 0 radical (unpaired) electrons. The molecule has 234 valence electrons. The Bertz CT molecular complexity index is 1570. The summed E-state index contributed by atoms with van der Waals surface area (Å²) in [4.78, 5) is 2.42. The number of aliphatic hydroxyl groups excluding tert-OH is 1. The Morgan fingerprint density at radius 3 is 2.05 bits per heavy atom. The number of hydrogen-bond acceptors (Lipinski definition) is 3. The Morgan fingerprint density at radius 2 is 1.41 bits per heavy atom. The van der Waals surface area contributed by atoms with Crippen molar-refractivity contribution in [1.82, 2.24) is 0 Å². The summed E-state index contributed by atoms with van der Waals surface area (Å²) in [5.41, 5.74) is 16.6. The molecular weight excluding hydrogens is 538 g/mol. The molecule has 2 aliphatic rings. The van der Waals surface area contributed by atoms with E-state index in [1.807, 2.05) is 0 Å². The van der Waals surface area contributed by atoms with Gasteiger partial charge in [-0.15, -0.1) is 0 Å². The van der Waals surface area contributed by atoms with Gasteiger partial charge in [-0.05, 0) is 106 Å². The molecule has 5 rings (SSSR count). The van der Waals surface area contributed by atoms with Gasteiger partial charge in [-0.25, -0.2) is 0 Å². The highest BCUT2D eigenvalue weighted by Crippen LogP contribution is 2.55. The molecule has 0 aromatic heterocycles. The Hall–Kier alpha value is -3.10. The van der Waals surface area contributed by atoms with Crippen LogP contribution in [0.2, 0.25) is 0 Å². The molecule has 3 atom stereocenters. The van der Waals surface area contributed by atoms with E-state index in [9.17, 15) is 5.11 Å². The number of aryl methyl sites for hydroxylation is 3. The van der Waals surface area contributed by atoms with Crippen molar-refractivity contribution in [3.8, 4) is 11.1 Å². The van der Waals surface area contributed by atoms with Gasteiger partial charge in [0.05, 0.1) is 23.6 Å². The molecule has 3 unspecified atom stereocenters. The quantitative estimate of drug-likeness (QED) is 0.225. The largest absolute Gasteiger partial charge is 0.393 e. The van der Waals surface area contributed by atoms with Gasteiger partial charge < -0.3 is 14.7 Å². The van der Waals surface area contributed by atoms with Crippen LogP contribution in [0.5, 0.6) is 0 Å². The smallest absolute Gasteiger partial charge is 0.170 e. The van der Waals surface area contributed by atoms with Gasteiger partial charge in [0.25, 0.3) is 0 Å². The second kappa shape index (κ2) is 12.7. The highest BCUT2D eigenvalue weighted by atomic mass is 16.5. The molecular formula is C41H53NO2. The van der Waals surface area contributed by atoms with Crippen LogP contribution in [0, 0.1) is 38.5 Å². The molecule has 3 aromatic carbocycles. The average molecular weight is 592 g/mol. The maximum Gasteiger partial charge on any atom is 0.170 e. The van der Waals surface area contributed by atoms with Crippen molar-refractivity contribution in [2.75, 3.05) is 4.90 Å². The first-order valence-corrected chi connectivity index (χ1v) is 16.8. The Kier molecular flexibility index (Phi) is 9.34. The lowest BCUT2D eigenvalue weighted by Gasteiger charge is -2.43. The summed E-state index contributed by atoms with van der Waals surface area (Å²) in [5, 5.41) is 11.1. The highest BCUT2D eigenvalue weighted by molar-refractivity contribution is 5.98. The van der Waals surface area contributed by atoms with Crippen LogP contribution in [0.25, 0.3) is 22.4 Å². The van der Waals surface area contributed by atoms with Gasteiger partial charge in [0.2, 0.25) is 0 Å².